The maximum absolute atomic E-state index is 14.8. The second kappa shape index (κ2) is 19.4. The lowest BCUT2D eigenvalue weighted by Gasteiger charge is -2.23. The molecule has 10 nitrogen and oxygen atoms in total. The molecule has 7 aromatic rings. The Labute approximate surface area is 383 Å². The molecule has 2 amide bonds. The first-order valence-corrected chi connectivity index (χ1v) is 20.3. The van der Waals surface area contributed by atoms with Crippen LogP contribution in [0.5, 0.6) is 0 Å². The van der Waals surface area contributed by atoms with Crippen molar-refractivity contribution < 1.29 is 44.7 Å². The lowest BCUT2D eigenvalue weighted by Crippen LogP contribution is -2.39. The molecule has 0 saturated heterocycles. The van der Waals surface area contributed by atoms with Crippen molar-refractivity contribution in [2.75, 3.05) is 15.6 Å². The average molecular weight is 931 g/mol. The first kappa shape index (κ1) is 47.3. The minimum Gasteiger partial charge on any atom is -0.322 e. The molecular formula is C50H34F8N8O2. The summed E-state index contributed by atoms with van der Waals surface area (Å²) in [6.07, 6.45) is -10.3. The molecule has 0 spiro atoms. The van der Waals surface area contributed by atoms with E-state index >= 15 is 0 Å². The van der Waals surface area contributed by atoms with Gasteiger partial charge in [0.15, 0.2) is 5.69 Å². The second-order valence-corrected chi connectivity index (χ2v) is 15.2. The van der Waals surface area contributed by atoms with Crippen molar-refractivity contribution >= 4 is 34.6 Å². The minimum atomic E-state index is -4.81. The van der Waals surface area contributed by atoms with E-state index in [1.165, 1.54) is 72.8 Å². The number of nitrogens with one attached hydrogen (secondary N) is 2. The van der Waals surface area contributed by atoms with Gasteiger partial charge in [-0.1, -0.05) is 72.8 Å². The van der Waals surface area contributed by atoms with Crippen LogP contribution in [-0.2, 0) is 11.0 Å². The molecule has 8 rings (SSSR count). The van der Waals surface area contributed by atoms with Gasteiger partial charge in [-0.15, -0.1) is 0 Å². The van der Waals surface area contributed by atoms with Crippen LogP contribution in [0.3, 0.4) is 0 Å². The van der Waals surface area contributed by atoms with E-state index < -0.39 is 65.4 Å². The predicted octanol–water partition coefficient (Wildman–Crippen LogP) is 11.9. The van der Waals surface area contributed by atoms with Crippen LogP contribution in [-0.4, -0.2) is 39.5 Å². The van der Waals surface area contributed by atoms with Gasteiger partial charge in [-0.05, 0) is 108 Å². The molecule has 1 aliphatic heterocycles. The number of carbonyl (C=O) groups excluding carboxylic acids is 2. The third kappa shape index (κ3) is 10.6. The molecule has 0 bridgehead atoms. The number of benzene rings is 6. The van der Waals surface area contributed by atoms with E-state index in [1.807, 2.05) is 74.5 Å². The second-order valence-electron chi connectivity index (χ2n) is 15.2. The van der Waals surface area contributed by atoms with Gasteiger partial charge in [-0.3, -0.25) is 14.6 Å². The van der Waals surface area contributed by atoms with Crippen LogP contribution in [0.1, 0.15) is 44.9 Å². The van der Waals surface area contributed by atoms with Crippen molar-refractivity contribution in [3.8, 4) is 40.1 Å². The van der Waals surface area contributed by atoms with Crippen LogP contribution in [0.4, 0.5) is 52.2 Å². The summed E-state index contributed by atoms with van der Waals surface area (Å²) in [6.45, 7) is 3.76. The van der Waals surface area contributed by atoms with Gasteiger partial charge < -0.3 is 10.6 Å². The Bertz CT molecular complexity index is 3180. The molecule has 2 heterocycles. The molecule has 0 radical (unpaired) electrons. The lowest BCUT2D eigenvalue weighted by atomic mass is 10.0. The number of hydrazone groups is 1. The SMILES string of the molecule is Cc1ccccc1-c1ccc(NC(=O)C2CC(C(F)(F)F)=NN2c2cccc(C#N)c2)c(F)c1.Cc1ccccc1-c1ccc(NC(=O)c2cc(C(F)(F)F)nn2-c2cccc(C#N)c2)c(F)c1. The van der Waals surface area contributed by atoms with E-state index in [9.17, 15) is 44.7 Å². The number of aryl methyl sites for hydroxylation is 2. The Morgan fingerprint density at radius 2 is 1.15 bits per heavy atom. The molecule has 342 valence electrons. The highest BCUT2D eigenvalue weighted by molar-refractivity contribution is 6.05. The molecule has 6 aromatic carbocycles. The van der Waals surface area contributed by atoms with Crippen molar-refractivity contribution in [2.24, 2.45) is 5.10 Å². The Morgan fingerprint density at radius 1 is 0.632 bits per heavy atom. The zero-order chi connectivity index (χ0) is 48.9. The van der Waals surface area contributed by atoms with Gasteiger partial charge in [0, 0.05) is 12.5 Å². The summed E-state index contributed by atoms with van der Waals surface area (Å²) in [6, 6.07) is 37.6. The van der Waals surface area contributed by atoms with Gasteiger partial charge in [0.05, 0.1) is 46.0 Å². The number of rotatable bonds is 8. The number of nitriles is 2. The summed E-state index contributed by atoms with van der Waals surface area (Å²) in [5.41, 5.74) is 2.04. The normalized spacial score (nSPS) is 13.4. The van der Waals surface area contributed by atoms with Gasteiger partial charge in [-0.25, -0.2) is 13.5 Å². The largest absolute Gasteiger partial charge is 0.435 e. The third-order valence-electron chi connectivity index (χ3n) is 10.6. The van der Waals surface area contributed by atoms with Gasteiger partial charge >= 0.3 is 12.4 Å². The Balaban J connectivity index is 0.000000201. The van der Waals surface area contributed by atoms with Gasteiger partial charge in [0.2, 0.25) is 5.91 Å². The monoisotopic (exact) mass is 930 g/mol. The van der Waals surface area contributed by atoms with Crippen LogP contribution in [0.2, 0.25) is 0 Å². The lowest BCUT2D eigenvalue weighted by molar-refractivity contribution is -0.141. The highest BCUT2D eigenvalue weighted by Crippen LogP contribution is 2.35. The maximum atomic E-state index is 14.8. The summed E-state index contributed by atoms with van der Waals surface area (Å²) in [5.74, 6) is -3.31. The van der Waals surface area contributed by atoms with Gasteiger partial charge in [-0.2, -0.15) is 47.1 Å². The number of aromatic nitrogens is 2. The van der Waals surface area contributed by atoms with E-state index in [2.05, 4.69) is 20.8 Å². The van der Waals surface area contributed by atoms with E-state index in [0.717, 1.165) is 31.9 Å². The molecular weight excluding hydrogens is 897 g/mol. The van der Waals surface area contributed by atoms with Crippen molar-refractivity contribution in [3.63, 3.8) is 0 Å². The van der Waals surface area contributed by atoms with Crippen molar-refractivity contribution in [2.45, 2.75) is 38.7 Å². The fraction of sp³-hybridized carbons (Fsp3) is 0.120. The summed E-state index contributed by atoms with van der Waals surface area (Å²) in [4.78, 5) is 25.9. The number of nitrogens with zero attached hydrogens (tertiary/aromatic N) is 6. The van der Waals surface area contributed by atoms with E-state index in [0.29, 0.717) is 17.2 Å². The fourth-order valence-electron chi connectivity index (χ4n) is 7.19. The number of anilines is 3. The van der Waals surface area contributed by atoms with E-state index in [4.69, 9.17) is 10.5 Å². The highest BCUT2D eigenvalue weighted by Gasteiger charge is 2.46. The summed E-state index contributed by atoms with van der Waals surface area (Å²) in [5, 5.41) is 30.9. The molecule has 0 aliphatic carbocycles. The highest BCUT2D eigenvalue weighted by atomic mass is 19.4. The maximum Gasteiger partial charge on any atom is 0.435 e. The fourth-order valence-corrected chi connectivity index (χ4v) is 7.19. The Morgan fingerprint density at radius 3 is 1.65 bits per heavy atom. The Kier molecular flexibility index (Phi) is 13.5. The van der Waals surface area contributed by atoms with Crippen LogP contribution in [0, 0.1) is 48.1 Å². The third-order valence-corrected chi connectivity index (χ3v) is 10.6. The number of hydrogen-bond acceptors (Lipinski definition) is 7. The standard InChI is InChI=1S/C25H18F4N4O.C25H16F4N4O/c2*1-15-5-2-3-8-19(15)17-9-10-21(20(26)12-17)31-24(34)22-13-23(25(27,28)29)32-33(22)18-7-4-6-16(11-18)14-30/h2-12,22H,13H2,1H3,(H,31,34);2-13H,1H3,(H,31,34). The topological polar surface area (TPSA) is 139 Å². The summed E-state index contributed by atoms with van der Waals surface area (Å²) in [7, 11) is 0. The summed E-state index contributed by atoms with van der Waals surface area (Å²) < 4.78 is 110. The first-order valence-electron chi connectivity index (χ1n) is 20.3. The van der Waals surface area contributed by atoms with Crippen molar-refractivity contribution in [1.29, 1.82) is 10.5 Å². The smallest absolute Gasteiger partial charge is 0.322 e. The molecule has 1 unspecified atom stereocenters. The van der Waals surface area contributed by atoms with Crippen LogP contribution < -0.4 is 15.6 Å². The average Bonchev–Trinajstić information content (AvgIpc) is 3.99. The quantitative estimate of drug-likeness (QED) is 0.146. The number of alkyl halides is 6. The van der Waals surface area contributed by atoms with Gasteiger partial charge in [0.25, 0.3) is 5.91 Å². The van der Waals surface area contributed by atoms with Crippen LogP contribution >= 0.6 is 0 Å². The number of hydrogen-bond donors (Lipinski definition) is 2. The molecule has 68 heavy (non-hydrogen) atoms. The number of carbonyl (C=O) groups is 2. The van der Waals surface area contributed by atoms with Crippen molar-refractivity contribution in [1.82, 2.24) is 9.78 Å². The van der Waals surface area contributed by atoms with Gasteiger partial charge in [0.1, 0.15) is 29.1 Å². The Hall–Kier alpha value is -8.64. The predicted molar refractivity (Wildman–Crippen MR) is 239 cm³/mol. The zero-order valence-electron chi connectivity index (χ0n) is 35.6. The molecule has 2 N–H and O–H groups in total. The van der Waals surface area contributed by atoms with Crippen LogP contribution in [0.25, 0.3) is 27.9 Å². The molecule has 1 aliphatic rings. The van der Waals surface area contributed by atoms with E-state index in [-0.39, 0.29) is 33.9 Å². The number of amides is 2. The number of halogens is 8. The summed E-state index contributed by atoms with van der Waals surface area (Å²) >= 11 is 0. The zero-order valence-corrected chi connectivity index (χ0v) is 35.6. The first-order chi connectivity index (χ1) is 32.3. The van der Waals surface area contributed by atoms with E-state index in [1.54, 1.807) is 12.1 Å². The molecule has 18 heteroatoms. The molecule has 0 saturated carbocycles. The minimum absolute atomic E-state index is 0.0788. The molecule has 0 fully saturated rings. The van der Waals surface area contributed by atoms with Crippen molar-refractivity contribution in [3.05, 3.63) is 185 Å². The molecule has 1 atom stereocenters. The van der Waals surface area contributed by atoms with Crippen LogP contribution in [0.15, 0.2) is 145 Å². The molecule has 1 aromatic heterocycles.